The maximum absolute atomic E-state index is 12.9. The largest absolute Gasteiger partial charge is 0.303 e. The van der Waals surface area contributed by atoms with Crippen LogP contribution in [0.5, 0.6) is 0 Å². The molecule has 4 heteroatoms. The first kappa shape index (κ1) is 13.7. The van der Waals surface area contributed by atoms with Gasteiger partial charge in [0.15, 0.2) is 0 Å². The maximum atomic E-state index is 12.9. The molecule has 2 rings (SSSR count). The molecule has 1 heterocycles. The van der Waals surface area contributed by atoms with Gasteiger partial charge in [0, 0.05) is 26.8 Å². The van der Waals surface area contributed by atoms with Crippen LogP contribution in [0.3, 0.4) is 0 Å². The van der Waals surface area contributed by atoms with Crippen LogP contribution in [0.25, 0.3) is 0 Å². The molecule has 0 radical (unpaired) electrons. The van der Waals surface area contributed by atoms with Crippen LogP contribution in [0, 0.1) is 5.82 Å². The van der Waals surface area contributed by atoms with Gasteiger partial charge < -0.3 is 5.32 Å². The third-order valence-corrected chi connectivity index (χ3v) is 4.76. The molecular weight excluding hydrogens is 313 g/mol. The molecule has 1 N–H and O–H groups in total. The monoisotopic (exact) mass is 327 g/mol. The van der Waals surface area contributed by atoms with Crippen molar-refractivity contribution in [1.29, 1.82) is 0 Å². The second kappa shape index (κ2) is 5.95. The fraction of sp³-hybridized carbons (Fsp3) is 0.286. The molecule has 1 unspecified atom stereocenters. The van der Waals surface area contributed by atoms with Crippen LogP contribution in [-0.2, 0) is 0 Å². The van der Waals surface area contributed by atoms with Crippen LogP contribution < -0.4 is 5.32 Å². The van der Waals surface area contributed by atoms with E-state index in [0.717, 1.165) is 10.0 Å². The third kappa shape index (κ3) is 3.40. The first-order chi connectivity index (χ1) is 8.56. The van der Waals surface area contributed by atoms with E-state index < -0.39 is 0 Å². The summed E-state index contributed by atoms with van der Waals surface area (Å²) in [5.41, 5.74) is 1.10. The van der Waals surface area contributed by atoms with Crippen molar-refractivity contribution in [2.24, 2.45) is 0 Å². The highest BCUT2D eigenvalue weighted by Crippen LogP contribution is 2.27. The van der Waals surface area contributed by atoms with Gasteiger partial charge in [-0.25, -0.2) is 4.39 Å². The first-order valence-corrected chi connectivity index (χ1v) is 7.49. The number of hydrogen-bond acceptors (Lipinski definition) is 2. The molecule has 1 nitrogen and oxygen atoms in total. The van der Waals surface area contributed by atoms with Gasteiger partial charge in [-0.15, -0.1) is 11.3 Å². The number of benzene rings is 1. The quantitative estimate of drug-likeness (QED) is 0.827. The van der Waals surface area contributed by atoms with Gasteiger partial charge in [-0.3, -0.25) is 0 Å². The predicted octanol–water partition coefficient (Wildman–Crippen LogP) is 5.06. The summed E-state index contributed by atoms with van der Waals surface area (Å²) in [7, 11) is 0. The Kier molecular flexibility index (Phi) is 4.54. The minimum absolute atomic E-state index is 0.193. The van der Waals surface area contributed by atoms with Crippen molar-refractivity contribution in [3.05, 3.63) is 56.4 Å². The molecule has 1 aromatic heterocycles. The molecule has 1 aromatic carbocycles. The molecule has 0 bridgehead atoms. The molecule has 0 amide bonds. The Balaban J connectivity index is 2.02. The lowest BCUT2D eigenvalue weighted by Gasteiger charge is -2.19. The van der Waals surface area contributed by atoms with E-state index in [2.05, 4.69) is 46.5 Å². The highest BCUT2D eigenvalue weighted by molar-refractivity contribution is 9.10. The van der Waals surface area contributed by atoms with Crippen molar-refractivity contribution >= 4 is 27.3 Å². The van der Waals surface area contributed by atoms with E-state index in [4.69, 9.17) is 0 Å². The van der Waals surface area contributed by atoms with E-state index in [0.29, 0.717) is 0 Å². The summed E-state index contributed by atoms with van der Waals surface area (Å²) in [6, 6.07) is 9.25. The number of thiophene rings is 1. The van der Waals surface area contributed by atoms with Gasteiger partial charge in [0.25, 0.3) is 0 Å². The first-order valence-electron chi connectivity index (χ1n) is 5.81. The molecule has 2 aromatic rings. The number of hydrogen-bond donors (Lipinski definition) is 1. The normalized spacial score (nSPS) is 14.4. The molecule has 0 aliphatic carbocycles. The van der Waals surface area contributed by atoms with Crippen LogP contribution >= 0.6 is 27.3 Å². The number of rotatable bonds is 4. The van der Waals surface area contributed by atoms with Crippen LogP contribution in [0.1, 0.15) is 36.4 Å². The second-order valence-electron chi connectivity index (χ2n) is 4.33. The summed E-state index contributed by atoms with van der Waals surface area (Å²) in [6.07, 6.45) is 0. The Morgan fingerprint density at radius 2 is 1.83 bits per heavy atom. The lowest BCUT2D eigenvalue weighted by molar-refractivity contribution is 0.499. The van der Waals surface area contributed by atoms with Crippen LogP contribution in [0.15, 0.2) is 40.2 Å². The number of nitrogens with one attached hydrogen (secondary N) is 1. The van der Waals surface area contributed by atoms with Crippen molar-refractivity contribution in [3.8, 4) is 0 Å². The topological polar surface area (TPSA) is 12.0 Å². The van der Waals surface area contributed by atoms with Gasteiger partial charge in [0.1, 0.15) is 5.82 Å². The Morgan fingerprint density at radius 3 is 2.39 bits per heavy atom. The lowest BCUT2D eigenvalue weighted by atomic mass is 10.1. The van der Waals surface area contributed by atoms with Crippen molar-refractivity contribution in [2.45, 2.75) is 25.9 Å². The maximum Gasteiger partial charge on any atom is 0.123 e. The molecule has 0 aliphatic rings. The van der Waals surface area contributed by atoms with Crippen LogP contribution in [-0.4, -0.2) is 0 Å². The average molecular weight is 328 g/mol. The van der Waals surface area contributed by atoms with Crippen molar-refractivity contribution < 1.29 is 4.39 Å². The van der Waals surface area contributed by atoms with Gasteiger partial charge in [0.2, 0.25) is 0 Å². The van der Waals surface area contributed by atoms with Crippen molar-refractivity contribution in [2.75, 3.05) is 0 Å². The fourth-order valence-corrected chi connectivity index (χ4v) is 3.32. The summed E-state index contributed by atoms with van der Waals surface area (Å²) in [6.45, 7) is 4.23. The summed E-state index contributed by atoms with van der Waals surface area (Å²) in [5, 5.41) is 5.59. The molecule has 0 aliphatic heterocycles. The van der Waals surface area contributed by atoms with Crippen molar-refractivity contribution in [1.82, 2.24) is 5.32 Å². The molecule has 0 saturated heterocycles. The summed E-state index contributed by atoms with van der Waals surface area (Å²) < 4.78 is 14.0. The molecule has 18 heavy (non-hydrogen) atoms. The standard InChI is InChI=1S/C14H15BrFNS/c1-9(11-3-5-13(16)6-4-11)17-10(2)14-7-12(15)8-18-14/h3-10,17H,1-2H3/t9-,10?/m0/s1. The van der Waals surface area contributed by atoms with E-state index >= 15 is 0 Å². The van der Waals surface area contributed by atoms with Gasteiger partial charge in [-0.05, 0) is 53.5 Å². The van der Waals surface area contributed by atoms with E-state index in [1.807, 2.05) is 12.1 Å². The van der Waals surface area contributed by atoms with E-state index in [-0.39, 0.29) is 17.9 Å². The zero-order valence-electron chi connectivity index (χ0n) is 10.3. The molecule has 0 spiro atoms. The lowest BCUT2D eigenvalue weighted by Crippen LogP contribution is -2.21. The Hall–Kier alpha value is -0.710. The molecule has 0 saturated carbocycles. The molecule has 2 atom stereocenters. The second-order valence-corrected chi connectivity index (χ2v) is 6.19. The summed E-state index contributed by atoms with van der Waals surface area (Å²) >= 11 is 5.19. The number of halogens is 2. The molecule has 96 valence electrons. The third-order valence-electron chi connectivity index (χ3n) is 2.88. The zero-order valence-corrected chi connectivity index (χ0v) is 12.7. The van der Waals surface area contributed by atoms with E-state index in [1.165, 1.54) is 17.0 Å². The minimum Gasteiger partial charge on any atom is -0.303 e. The predicted molar refractivity (Wildman–Crippen MR) is 78.4 cm³/mol. The van der Waals surface area contributed by atoms with Gasteiger partial charge in [-0.1, -0.05) is 12.1 Å². The van der Waals surface area contributed by atoms with Crippen LogP contribution in [0.2, 0.25) is 0 Å². The summed E-state index contributed by atoms with van der Waals surface area (Å²) in [5.74, 6) is -0.193. The van der Waals surface area contributed by atoms with Crippen molar-refractivity contribution in [3.63, 3.8) is 0 Å². The Bertz CT molecular complexity index is 509. The SMILES string of the molecule is CC(N[C@@H](C)c1ccc(F)cc1)c1cc(Br)cs1. The van der Waals surface area contributed by atoms with Gasteiger partial charge in [-0.2, -0.15) is 0 Å². The van der Waals surface area contributed by atoms with E-state index in [1.54, 1.807) is 11.3 Å². The average Bonchev–Trinajstić information content (AvgIpc) is 2.76. The Labute approximate surface area is 119 Å². The van der Waals surface area contributed by atoms with Gasteiger partial charge >= 0.3 is 0 Å². The van der Waals surface area contributed by atoms with Gasteiger partial charge in [0.05, 0.1) is 0 Å². The smallest absolute Gasteiger partial charge is 0.123 e. The zero-order chi connectivity index (χ0) is 13.1. The highest BCUT2D eigenvalue weighted by Gasteiger charge is 2.12. The fourth-order valence-electron chi connectivity index (χ4n) is 1.86. The van der Waals surface area contributed by atoms with E-state index in [9.17, 15) is 4.39 Å². The summed E-state index contributed by atoms with van der Waals surface area (Å²) in [4.78, 5) is 1.29. The molecule has 0 fully saturated rings. The molecular formula is C14H15BrFNS. The van der Waals surface area contributed by atoms with Crippen LogP contribution in [0.4, 0.5) is 4.39 Å². The Morgan fingerprint density at radius 1 is 1.17 bits per heavy atom. The highest BCUT2D eigenvalue weighted by atomic mass is 79.9. The minimum atomic E-state index is -0.193.